The van der Waals surface area contributed by atoms with Gasteiger partial charge in [-0.15, -0.1) is 0 Å². The molecule has 0 atom stereocenters. The van der Waals surface area contributed by atoms with Crippen molar-refractivity contribution < 1.29 is 17.5 Å². The van der Waals surface area contributed by atoms with Crippen LogP contribution in [-0.4, -0.2) is 13.3 Å². The number of non-ortho nitro benzene ring substituents is 1. The summed E-state index contributed by atoms with van der Waals surface area (Å²) in [5.41, 5.74) is -0.179. The Kier molecular flexibility index (Phi) is 4.30. The molecule has 0 radical (unpaired) electrons. The molecule has 2 aromatic rings. The summed E-state index contributed by atoms with van der Waals surface area (Å²) in [4.78, 5) is 9.73. The van der Waals surface area contributed by atoms with Gasteiger partial charge in [-0.05, 0) is 24.3 Å². The van der Waals surface area contributed by atoms with E-state index in [0.29, 0.717) is 0 Å². The van der Waals surface area contributed by atoms with E-state index in [1.807, 2.05) is 0 Å². The van der Waals surface area contributed by atoms with Crippen LogP contribution >= 0.6 is 11.6 Å². The molecular formula is C13H7ClN2O5S. The zero-order chi connectivity index (χ0) is 16.3. The lowest BCUT2D eigenvalue weighted by molar-refractivity contribution is -0.384. The molecule has 0 amide bonds. The maximum Gasteiger partial charge on any atom is 0.339 e. The number of hydrogen-bond donors (Lipinski definition) is 0. The van der Waals surface area contributed by atoms with Gasteiger partial charge >= 0.3 is 10.1 Å². The van der Waals surface area contributed by atoms with E-state index < -0.39 is 15.0 Å². The van der Waals surface area contributed by atoms with Gasteiger partial charge in [0, 0.05) is 6.07 Å². The summed E-state index contributed by atoms with van der Waals surface area (Å²) < 4.78 is 29.0. The number of nitriles is 1. The van der Waals surface area contributed by atoms with Gasteiger partial charge in [-0.2, -0.15) is 13.7 Å². The molecule has 112 valence electrons. The molecule has 0 bridgehead atoms. The van der Waals surface area contributed by atoms with E-state index in [4.69, 9.17) is 21.0 Å². The number of nitrogens with zero attached hydrogens (tertiary/aromatic N) is 2. The zero-order valence-corrected chi connectivity index (χ0v) is 12.3. The Bertz CT molecular complexity index is 890. The number of rotatable bonds is 4. The lowest BCUT2D eigenvalue weighted by atomic mass is 10.2. The van der Waals surface area contributed by atoms with Gasteiger partial charge in [0.15, 0.2) is 0 Å². The summed E-state index contributed by atoms with van der Waals surface area (Å²) in [5, 5.41) is 19.4. The molecule has 7 nitrogen and oxygen atoms in total. The lowest BCUT2D eigenvalue weighted by Gasteiger charge is -2.07. The van der Waals surface area contributed by atoms with Crippen molar-refractivity contribution >= 4 is 27.4 Å². The third-order valence-electron chi connectivity index (χ3n) is 2.58. The first-order chi connectivity index (χ1) is 10.3. The van der Waals surface area contributed by atoms with E-state index in [9.17, 15) is 18.5 Å². The van der Waals surface area contributed by atoms with Gasteiger partial charge in [0.05, 0.1) is 21.6 Å². The second-order valence-electron chi connectivity index (χ2n) is 4.05. The second kappa shape index (κ2) is 6.01. The molecular weight excluding hydrogens is 332 g/mol. The van der Waals surface area contributed by atoms with Gasteiger partial charge in [0.2, 0.25) is 0 Å². The Morgan fingerprint density at radius 2 is 1.95 bits per heavy atom. The highest BCUT2D eigenvalue weighted by atomic mass is 35.5. The maximum atomic E-state index is 12.1. The van der Waals surface area contributed by atoms with Crippen LogP contribution < -0.4 is 4.18 Å². The molecule has 9 heteroatoms. The molecule has 2 aromatic carbocycles. The minimum absolute atomic E-state index is 0.0359. The largest absolute Gasteiger partial charge is 0.379 e. The van der Waals surface area contributed by atoms with Gasteiger partial charge in [-0.25, -0.2) is 0 Å². The fourth-order valence-corrected chi connectivity index (χ4v) is 2.80. The van der Waals surface area contributed by atoms with Crippen LogP contribution in [0.15, 0.2) is 47.4 Å². The maximum absolute atomic E-state index is 12.1. The minimum Gasteiger partial charge on any atom is -0.379 e. The second-order valence-corrected chi connectivity index (χ2v) is 6.00. The standard InChI is InChI=1S/C13H7ClN2O5S/c14-13-7-12(5-4-9(13)8-15)22(19,20)21-11-3-1-2-10(6-11)16(17)18/h1-7H. The Hall–Kier alpha value is -2.63. The highest BCUT2D eigenvalue weighted by molar-refractivity contribution is 7.87. The first kappa shape index (κ1) is 15.8. The fraction of sp³-hybridized carbons (Fsp3) is 0. The van der Waals surface area contributed by atoms with Gasteiger partial charge in [0.1, 0.15) is 16.7 Å². The predicted molar refractivity (Wildman–Crippen MR) is 77.1 cm³/mol. The number of halogens is 1. The Morgan fingerprint density at radius 1 is 1.23 bits per heavy atom. The van der Waals surface area contributed by atoms with Gasteiger partial charge in [-0.1, -0.05) is 17.7 Å². The summed E-state index contributed by atoms with van der Waals surface area (Å²) in [6.07, 6.45) is 0. The molecule has 0 unspecified atom stereocenters. The lowest BCUT2D eigenvalue weighted by Crippen LogP contribution is -2.10. The van der Waals surface area contributed by atoms with Crippen molar-refractivity contribution in [2.24, 2.45) is 0 Å². The van der Waals surface area contributed by atoms with Crippen molar-refractivity contribution in [3.8, 4) is 11.8 Å². The molecule has 0 spiro atoms. The minimum atomic E-state index is -4.22. The number of hydrogen-bond acceptors (Lipinski definition) is 6. The summed E-state index contributed by atoms with van der Waals surface area (Å²) in [5.74, 6) is -0.199. The molecule has 22 heavy (non-hydrogen) atoms. The molecule has 0 saturated carbocycles. The number of benzene rings is 2. The zero-order valence-electron chi connectivity index (χ0n) is 10.8. The van der Waals surface area contributed by atoms with Crippen molar-refractivity contribution in [1.82, 2.24) is 0 Å². The van der Waals surface area contributed by atoms with Crippen LogP contribution in [0.2, 0.25) is 5.02 Å². The van der Waals surface area contributed by atoms with E-state index in [0.717, 1.165) is 18.2 Å². The summed E-state index contributed by atoms with van der Waals surface area (Å²) in [6, 6.07) is 10.1. The Morgan fingerprint density at radius 3 is 2.55 bits per heavy atom. The topological polar surface area (TPSA) is 110 Å². The highest BCUT2D eigenvalue weighted by Crippen LogP contribution is 2.25. The average molecular weight is 339 g/mol. The average Bonchev–Trinajstić information content (AvgIpc) is 2.47. The number of nitro groups is 1. The van der Waals surface area contributed by atoms with Crippen LogP contribution in [0.4, 0.5) is 5.69 Å². The predicted octanol–water partition coefficient (Wildman–Crippen LogP) is 2.89. The van der Waals surface area contributed by atoms with Crippen molar-refractivity contribution in [3.63, 3.8) is 0 Å². The van der Waals surface area contributed by atoms with Crippen molar-refractivity contribution in [2.45, 2.75) is 4.90 Å². The molecule has 0 aliphatic heterocycles. The molecule has 0 aromatic heterocycles. The SMILES string of the molecule is N#Cc1ccc(S(=O)(=O)Oc2cccc([N+](=O)[O-])c2)cc1Cl. The molecule has 0 heterocycles. The van der Waals surface area contributed by atoms with Crippen LogP contribution in [0.1, 0.15) is 5.56 Å². The third-order valence-corrected chi connectivity index (χ3v) is 4.14. The van der Waals surface area contributed by atoms with Crippen LogP contribution in [0.3, 0.4) is 0 Å². The van der Waals surface area contributed by atoms with Crippen molar-refractivity contribution in [1.29, 1.82) is 5.26 Å². The molecule has 0 aliphatic rings. The van der Waals surface area contributed by atoms with E-state index in [-0.39, 0.29) is 26.9 Å². The number of nitro benzene ring substituents is 1. The molecule has 0 saturated heterocycles. The normalized spacial score (nSPS) is 10.7. The monoisotopic (exact) mass is 338 g/mol. The molecule has 0 fully saturated rings. The van der Waals surface area contributed by atoms with Gasteiger partial charge in [0.25, 0.3) is 5.69 Å². The van der Waals surface area contributed by atoms with Crippen LogP contribution in [0.5, 0.6) is 5.75 Å². The van der Waals surface area contributed by atoms with E-state index in [2.05, 4.69) is 0 Å². The van der Waals surface area contributed by atoms with Crippen LogP contribution in [0.25, 0.3) is 0 Å². The summed E-state index contributed by atoms with van der Waals surface area (Å²) >= 11 is 5.77. The van der Waals surface area contributed by atoms with Crippen molar-refractivity contribution in [2.75, 3.05) is 0 Å². The molecule has 0 aliphatic carbocycles. The molecule has 0 N–H and O–H groups in total. The van der Waals surface area contributed by atoms with E-state index in [1.165, 1.54) is 24.3 Å². The third kappa shape index (κ3) is 3.33. The van der Waals surface area contributed by atoms with Crippen LogP contribution in [0, 0.1) is 21.4 Å². The Labute approximate surface area is 130 Å². The van der Waals surface area contributed by atoms with Crippen molar-refractivity contribution in [3.05, 3.63) is 63.2 Å². The van der Waals surface area contributed by atoms with Crippen LogP contribution in [-0.2, 0) is 10.1 Å². The first-order valence-electron chi connectivity index (χ1n) is 5.72. The highest BCUT2D eigenvalue weighted by Gasteiger charge is 2.19. The Balaban J connectivity index is 2.36. The van der Waals surface area contributed by atoms with Gasteiger partial charge in [-0.3, -0.25) is 10.1 Å². The molecule has 2 rings (SSSR count). The smallest absolute Gasteiger partial charge is 0.339 e. The van der Waals surface area contributed by atoms with E-state index >= 15 is 0 Å². The first-order valence-corrected chi connectivity index (χ1v) is 7.51. The van der Waals surface area contributed by atoms with E-state index in [1.54, 1.807) is 6.07 Å². The van der Waals surface area contributed by atoms with Gasteiger partial charge < -0.3 is 4.18 Å². The summed E-state index contributed by atoms with van der Waals surface area (Å²) in [7, 11) is -4.22. The fourth-order valence-electron chi connectivity index (χ4n) is 1.57. The summed E-state index contributed by atoms with van der Waals surface area (Å²) in [6.45, 7) is 0. The quantitative estimate of drug-likeness (QED) is 0.481.